The van der Waals surface area contributed by atoms with Gasteiger partial charge in [-0.1, -0.05) is 71.6 Å². The van der Waals surface area contributed by atoms with Crippen LogP contribution in [0.15, 0.2) is 0 Å². The van der Waals surface area contributed by atoms with Gasteiger partial charge < -0.3 is 4.74 Å². The highest BCUT2D eigenvalue weighted by Gasteiger charge is 2.10. The van der Waals surface area contributed by atoms with Crippen LogP contribution >= 0.6 is 0 Å². The molecular formula is C17H34O2. The Balaban J connectivity index is 3.36. The van der Waals surface area contributed by atoms with Gasteiger partial charge in [-0.25, -0.2) is 0 Å². The van der Waals surface area contributed by atoms with E-state index in [1.807, 2.05) is 0 Å². The third-order valence-electron chi connectivity index (χ3n) is 3.57. The molecule has 0 aliphatic rings. The molecule has 0 radical (unpaired) electrons. The molecule has 0 bridgehead atoms. The molecule has 114 valence electrons. The Hall–Kier alpha value is -0.530. The predicted molar refractivity (Wildman–Crippen MR) is 82.3 cm³/mol. The summed E-state index contributed by atoms with van der Waals surface area (Å²) in [5, 5.41) is 0. The molecule has 2 nitrogen and oxygen atoms in total. The van der Waals surface area contributed by atoms with Crippen molar-refractivity contribution in [2.75, 3.05) is 0 Å². The van der Waals surface area contributed by atoms with E-state index in [0.717, 1.165) is 19.3 Å². The Labute approximate surface area is 120 Å². The first-order valence-corrected chi connectivity index (χ1v) is 8.37. The molecule has 2 heteroatoms. The summed E-state index contributed by atoms with van der Waals surface area (Å²) < 4.78 is 5.32. The largest absolute Gasteiger partial charge is 0.463 e. The SMILES string of the molecule is CCCCCCCCCCCC(CCC)OC(C)=O. The van der Waals surface area contributed by atoms with Crippen LogP contribution in [-0.2, 0) is 9.53 Å². The summed E-state index contributed by atoms with van der Waals surface area (Å²) in [7, 11) is 0. The second kappa shape index (κ2) is 13.9. The molecule has 0 amide bonds. The van der Waals surface area contributed by atoms with Gasteiger partial charge in [-0.2, -0.15) is 0 Å². The van der Waals surface area contributed by atoms with Crippen LogP contribution < -0.4 is 0 Å². The summed E-state index contributed by atoms with van der Waals surface area (Å²) in [5.74, 6) is -0.130. The zero-order chi connectivity index (χ0) is 14.3. The average Bonchev–Trinajstić information content (AvgIpc) is 2.36. The standard InChI is InChI=1S/C17H34O2/c1-4-6-7-8-9-10-11-12-13-15-17(14-5-2)19-16(3)18/h17H,4-15H2,1-3H3. The van der Waals surface area contributed by atoms with Crippen LogP contribution in [0.25, 0.3) is 0 Å². The van der Waals surface area contributed by atoms with E-state index in [2.05, 4.69) is 13.8 Å². The maximum atomic E-state index is 11.0. The Morgan fingerprint density at radius 2 is 1.32 bits per heavy atom. The number of unbranched alkanes of at least 4 members (excludes halogenated alkanes) is 8. The monoisotopic (exact) mass is 270 g/mol. The molecule has 0 aliphatic carbocycles. The highest BCUT2D eigenvalue weighted by atomic mass is 16.5. The zero-order valence-corrected chi connectivity index (χ0v) is 13.4. The van der Waals surface area contributed by atoms with E-state index in [4.69, 9.17) is 4.74 Å². The lowest BCUT2D eigenvalue weighted by molar-refractivity contribution is -0.147. The first kappa shape index (κ1) is 18.5. The highest BCUT2D eigenvalue weighted by Crippen LogP contribution is 2.15. The van der Waals surface area contributed by atoms with Crippen LogP contribution in [-0.4, -0.2) is 12.1 Å². The van der Waals surface area contributed by atoms with Gasteiger partial charge in [-0.05, 0) is 19.3 Å². The lowest BCUT2D eigenvalue weighted by Crippen LogP contribution is -2.15. The normalized spacial score (nSPS) is 12.4. The summed E-state index contributed by atoms with van der Waals surface area (Å²) in [6, 6.07) is 0. The van der Waals surface area contributed by atoms with Gasteiger partial charge in [0.1, 0.15) is 6.10 Å². The van der Waals surface area contributed by atoms with Gasteiger partial charge in [0, 0.05) is 6.92 Å². The van der Waals surface area contributed by atoms with E-state index < -0.39 is 0 Å². The van der Waals surface area contributed by atoms with E-state index >= 15 is 0 Å². The fraction of sp³-hybridized carbons (Fsp3) is 0.941. The molecule has 0 saturated heterocycles. The van der Waals surface area contributed by atoms with Crippen LogP contribution in [0.1, 0.15) is 97.8 Å². The van der Waals surface area contributed by atoms with Crippen LogP contribution in [0.2, 0.25) is 0 Å². The van der Waals surface area contributed by atoms with Crippen LogP contribution in [0, 0.1) is 0 Å². The van der Waals surface area contributed by atoms with Crippen molar-refractivity contribution < 1.29 is 9.53 Å². The van der Waals surface area contributed by atoms with E-state index in [1.165, 1.54) is 64.7 Å². The Bertz CT molecular complexity index is 201. The van der Waals surface area contributed by atoms with E-state index in [1.54, 1.807) is 0 Å². The number of ether oxygens (including phenoxy) is 1. The summed E-state index contributed by atoms with van der Waals surface area (Å²) in [6.07, 6.45) is 15.4. The Morgan fingerprint density at radius 3 is 1.79 bits per heavy atom. The minimum atomic E-state index is -0.130. The number of esters is 1. The Morgan fingerprint density at radius 1 is 0.789 bits per heavy atom. The predicted octanol–water partition coefficient (Wildman–Crippen LogP) is 5.64. The lowest BCUT2D eigenvalue weighted by atomic mass is 10.0. The summed E-state index contributed by atoms with van der Waals surface area (Å²) in [5.41, 5.74) is 0. The summed E-state index contributed by atoms with van der Waals surface area (Å²) in [6.45, 7) is 5.92. The van der Waals surface area contributed by atoms with E-state index in [0.29, 0.717) is 0 Å². The Kier molecular flexibility index (Phi) is 13.5. The molecule has 19 heavy (non-hydrogen) atoms. The molecule has 1 atom stereocenters. The van der Waals surface area contributed by atoms with Crippen molar-refractivity contribution in [3.63, 3.8) is 0 Å². The molecular weight excluding hydrogens is 236 g/mol. The van der Waals surface area contributed by atoms with E-state index in [-0.39, 0.29) is 12.1 Å². The molecule has 0 aromatic carbocycles. The van der Waals surface area contributed by atoms with Crippen molar-refractivity contribution in [2.45, 2.75) is 104 Å². The quantitative estimate of drug-likeness (QED) is 0.320. The summed E-state index contributed by atoms with van der Waals surface area (Å²) >= 11 is 0. The van der Waals surface area contributed by atoms with Gasteiger partial charge in [-0.3, -0.25) is 4.79 Å². The second-order valence-electron chi connectivity index (χ2n) is 5.64. The second-order valence-corrected chi connectivity index (χ2v) is 5.64. The van der Waals surface area contributed by atoms with Crippen molar-refractivity contribution >= 4 is 5.97 Å². The molecule has 0 fully saturated rings. The maximum absolute atomic E-state index is 11.0. The fourth-order valence-electron chi connectivity index (χ4n) is 2.50. The molecule has 0 aliphatic heterocycles. The van der Waals surface area contributed by atoms with Crippen molar-refractivity contribution in [3.8, 4) is 0 Å². The van der Waals surface area contributed by atoms with E-state index in [9.17, 15) is 4.79 Å². The number of carbonyl (C=O) groups excluding carboxylic acids is 1. The highest BCUT2D eigenvalue weighted by molar-refractivity contribution is 5.66. The fourth-order valence-corrected chi connectivity index (χ4v) is 2.50. The minimum Gasteiger partial charge on any atom is -0.463 e. The third kappa shape index (κ3) is 13.7. The van der Waals surface area contributed by atoms with Gasteiger partial charge in [0.05, 0.1) is 0 Å². The number of rotatable bonds is 13. The molecule has 0 heterocycles. The smallest absolute Gasteiger partial charge is 0.302 e. The van der Waals surface area contributed by atoms with Gasteiger partial charge in [-0.15, -0.1) is 0 Å². The van der Waals surface area contributed by atoms with Crippen molar-refractivity contribution in [1.82, 2.24) is 0 Å². The molecule has 0 aromatic heterocycles. The number of hydrogen-bond acceptors (Lipinski definition) is 2. The van der Waals surface area contributed by atoms with Gasteiger partial charge >= 0.3 is 5.97 Å². The lowest BCUT2D eigenvalue weighted by Gasteiger charge is -2.15. The first-order chi connectivity index (χ1) is 9.20. The topological polar surface area (TPSA) is 26.3 Å². The van der Waals surface area contributed by atoms with Crippen LogP contribution in [0.3, 0.4) is 0 Å². The third-order valence-corrected chi connectivity index (χ3v) is 3.57. The van der Waals surface area contributed by atoms with Crippen LogP contribution in [0.4, 0.5) is 0 Å². The molecule has 1 unspecified atom stereocenters. The molecule has 0 rings (SSSR count). The molecule has 0 N–H and O–H groups in total. The van der Waals surface area contributed by atoms with Crippen molar-refractivity contribution in [3.05, 3.63) is 0 Å². The average molecular weight is 270 g/mol. The summed E-state index contributed by atoms with van der Waals surface area (Å²) in [4.78, 5) is 11.0. The first-order valence-electron chi connectivity index (χ1n) is 8.37. The molecule has 0 spiro atoms. The zero-order valence-electron chi connectivity index (χ0n) is 13.4. The van der Waals surface area contributed by atoms with Crippen LogP contribution in [0.5, 0.6) is 0 Å². The van der Waals surface area contributed by atoms with Gasteiger partial charge in [0.25, 0.3) is 0 Å². The van der Waals surface area contributed by atoms with Gasteiger partial charge in [0.2, 0.25) is 0 Å². The van der Waals surface area contributed by atoms with Crippen molar-refractivity contribution in [1.29, 1.82) is 0 Å². The molecule has 0 aromatic rings. The minimum absolute atomic E-state index is 0.130. The van der Waals surface area contributed by atoms with Gasteiger partial charge in [0.15, 0.2) is 0 Å². The molecule has 0 saturated carbocycles. The number of hydrogen-bond donors (Lipinski definition) is 0. The van der Waals surface area contributed by atoms with Crippen molar-refractivity contribution in [2.24, 2.45) is 0 Å². The maximum Gasteiger partial charge on any atom is 0.302 e. The number of carbonyl (C=O) groups is 1.